The first kappa shape index (κ1) is 11.6. The minimum Gasteiger partial charge on any atom is -0.287 e. The molecule has 18 heavy (non-hydrogen) atoms. The summed E-state index contributed by atoms with van der Waals surface area (Å²) in [5.41, 5.74) is 0.917. The van der Waals surface area contributed by atoms with Gasteiger partial charge in [-0.3, -0.25) is 4.79 Å². The van der Waals surface area contributed by atoms with E-state index in [4.69, 9.17) is 0 Å². The van der Waals surface area contributed by atoms with Gasteiger partial charge in [-0.2, -0.15) is 0 Å². The number of rotatable bonds is 3. The van der Waals surface area contributed by atoms with E-state index in [9.17, 15) is 4.79 Å². The number of allylic oxidation sites excluding steroid dienone is 2. The van der Waals surface area contributed by atoms with Crippen molar-refractivity contribution < 1.29 is 4.79 Å². The molecule has 1 aliphatic carbocycles. The lowest BCUT2D eigenvalue weighted by Gasteiger charge is -1.98. The topological polar surface area (TPSA) is 30.0 Å². The molecule has 1 fully saturated rings. The van der Waals surface area contributed by atoms with E-state index in [1.807, 2.05) is 24.3 Å². The highest BCUT2D eigenvalue weighted by molar-refractivity contribution is 7.20. The van der Waals surface area contributed by atoms with Crippen LogP contribution >= 0.6 is 11.3 Å². The van der Waals surface area contributed by atoms with E-state index in [1.165, 1.54) is 37.0 Å². The van der Waals surface area contributed by atoms with Crippen LogP contribution in [0.2, 0.25) is 0 Å². The molecule has 0 radical (unpaired) electrons. The smallest absolute Gasteiger partial charge is 0.214 e. The van der Waals surface area contributed by atoms with E-state index in [-0.39, 0.29) is 5.78 Å². The summed E-state index contributed by atoms with van der Waals surface area (Å²) in [4.78, 5) is 16.4. The summed E-state index contributed by atoms with van der Waals surface area (Å²) in [6, 6.07) is 7.88. The van der Waals surface area contributed by atoms with Gasteiger partial charge in [0.15, 0.2) is 5.01 Å². The van der Waals surface area contributed by atoms with Gasteiger partial charge >= 0.3 is 0 Å². The minimum atomic E-state index is 0.0445. The fourth-order valence-corrected chi connectivity index (χ4v) is 3.31. The minimum absolute atomic E-state index is 0.0445. The van der Waals surface area contributed by atoms with Crippen LogP contribution in [0.5, 0.6) is 0 Å². The molecule has 3 heteroatoms. The van der Waals surface area contributed by atoms with Crippen LogP contribution in [0.15, 0.2) is 36.4 Å². The maximum Gasteiger partial charge on any atom is 0.214 e. The summed E-state index contributed by atoms with van der Waals surface area (Å²) < 4.78 is 1.08. The number of benzene rings is 1. The summed E-state index contributed by atoms with van der Waals surface area (Å²) in [5, 5.41) is 0.602. The van der Waals surface area contributed by atoms with Crippen LogP contribution in [-0.4, -0.2) is 10.8 Å². The first-order valence-electron chi connectivity index (χ1n) is 6.41. The number of nitrogens with zero attached hydrogens (tertiary/aromatic N) is 1. The maximum atomic E-state index is 12.0. The third-order valence-corrected chi connectivity index (χ3v) is 4.48. The Labute approximate surface area is 110 Å². The Bertz CT molecular complexity index is 560. The molecule has 0 bridgehead atoms. The molecule has 2 aromatic rings. The number of hydrogen-bond donors (Lipinski definition) is 0. The van der Waals surface area contributed by atoms with Crippen molar-refractivity contribution in [3.63, 3.8) is 0 Å². The molecule has 92 valence electrons. The second kappa shape index (κ2) is 5.02. The molecule has 0 atom stereocenters. The van der Waals surface area contributed by atoms with Crippen LogP contribution in [0.3, 0.4) is 0 Å². The average molecular weight is 257 g/mol. The Morgan fingerprint density at radius 2 is 2.06 bits per heavy atom. The molecule has 0 N–H and O–H groups in total. The predicted octanol–water partition coefficient (Wildman–Crippen LogP) is 4.23. The zero-order valence-corrected chi connectivity index (χ0v) is 11.0. The largest absolute Gasteiger partial charge is 0.287 e. The van der Waals surface area contributed by atoms with Crippen molar-refractivity contribution in [3.05, 3.63) is 41.4 Å². The van der Waals surface area contributed by atoms with Gasteiger partial charge in [-0.05, 0) is 37.0 Å². The van der Waals surface area contributed by atoms with Crippen molar-refractivity contribution in [2.75, 3.05) is 0 Å². The van der Waals surface area contributed by atoms with E-state index in [0.717, 1.165) is 10.2 Å². The SMILES string of the molecule is O=C(/C=C/C1CCCC1)c1nc2ccccc2s1. The normalized spacial score (nSPS) is 16.9. The Balaban J connectivity index is 1.78. The zero-order valence-electron chi connectivity index (χ0n) is 10.1. The molecule has 1 aromatic heterocycles. The van der Waals surface area contributed by atoms with E-state index in [0.29, 0.717) is 10.9 Å². The van der Waals surface area contributed by atoms with Gasteiger partial charge < -0.3 is 0 Å². The molecule has 2 nitrogen and oxygen atoms in total. The molecular formula is C15H15NOS. The Morgan fingerprint density at radius 3 is 2.83 bits per heavy atom. The van der Waals surface area contributed by atoms with Gasteiger partial charge in [-0.25, -0.2) is 4.98 Å². The van der Waals surface area contributed by atoms with Gasteiger partial charge in [-0.1, -0.05) is 31.1 Å². The van der Waals surface area contributed by atoms with E-state index in [2.05, 4.69) is 11.1 Å². The highest BCUT2D eigenvalue weighted by atomic mass is 32.1. The molecule has 0 aliphatic heterocycles. The van der Waals surface area contributed by atoms with Crippen LogP contribution in [0.4, 0.5) is 0 Å². The van der Waals surface area contributed by atoms with E-state index < -0.39 is 0 Å². The Hall–Kier alpha value is -1.48. The van der Waals surface area contributed by atoms with Crippen LogP contribution in [0.25, 0.3) is 10.2 Å². The van der Waals surface area contributed by atoms with E-state index in [1.54, 1.807) is 6.08 Å². The van der Waals surface area contributed by atoms with Crippen LogP contribution in [0, 0.1) is 5.92 Å². The summed E-state index contributed by atoms with van der Waals surface area (Å²) in [6.07, 6.45) is 8.83. The van der Waals surface area contributed by atoms with Crippen molar-refractivity contribution in [2.45, 2.75) is 25.7 Å². The highest BCUT2D eigenvalue weighted by Crippen LogP contribution is 2.26. The van der Waals surface area contributed by atoms with Gasteiger partial charge in [-0.15, -0.1) is 11.3 Å². The molecule has 0 amide bonds. The number of aromatic nitrogens is 1. The van der Waals surface area contributed by atoms with Crippen molar-refractivity contribution in [1.29, 1.82) is 0 Å². The fourth-order valence-electron chi connectivity index (χ4n) is 2.42. The molecule has 1 heterocycles. The van der Waals surface area contributed by atoms with Crippen LogP contribution < -0.4 is 0 Å². The number of carbonyl (C=O) groups is 1. The molecule has 1 aliphatic rings. The first-order chi connectivity index (χ1) is 8.83. The summed E-state index contributed by atoms with van der Waals surface area (Å²) in [5.74, 6) is 0.645. The lowest BCUT2D eigenvalue weighted by molar-refractivity contribution is 0.104. The van der Waals surface area contributed by atoms with Gasteiger partial charge in [0.25, 0.3) is 0 Å². The molecule has 1 aromatic carbocycles. The number of para-hydroxylation sites is 1. The second-order valence-corrected chi connectivity index (χ2v) is 5.79. The number of hydrogen-bond acceptors (Lipinski definition) is 3. The van der Waals surface area contributed by atoms with E-state index >= 15 is 0 Å². The fraction of sp³-hybridized carbons (Fsp3) is 0.333. The van der Waals surface area contributed by atoms with Crippen molar-refractivity contribution in [2.24, 2.45) is 5.92 Å². The third-order valence-electron chi connectivity index (χ3n) is 3.42. The maximum absolute atomic E-state index is 12.0. The zero-order chi connectivity index (χ0) is 12.4. The molecule has 0 spiro atoms. The van der Waals surface area contributed by atoms with Gasteiger partial charge in [0.2, 0.25) is 5.78 Å². The summed E-state index contributed by atoms with van der Waals surface area (Å²) >= 11 is 1.48. The standard InChI is InChI=1S/C15H15NOS/c17-13(10-9-11-5-1-2-6-11)15-16-12-7-3-4-8-14(12)18-15/h3-4,7-11H,1-2,5-6H2/b10-9+. The summed E-state index contributed by atoms with van der Waals surface area (Å²) in [7, 11) is 0. The quantitative estimate of drug-likeness (QED) is 0.608. The van der Waals surface area contributed by atoms with Gasteiger partial charge in [0, 0.05) is 0 Å². The molecule has 0 saturated heterocycles. The van der Waals surface area contributed by atoms with Gasteiger partial charge in [0.1, 0.15) is 0 Å². The lowest BCUT2D eigenvalue weighted by atomic mass is 10.1. The second-order valence-electron chi connectivity index (χ2n) is 4.75. The molecule has 3 rings (SSSR count). The molecule has 0 unspecified atom stereocenters. The average Bonchev–Trinajstić information content (AvgIpc) is 3.04. The number of carbonyl (C=O) groups excluding carboxylic acids is 1. The lowest BCUT2D eigenvalue weighted by Crippen LogP contribution is -1.95. The van der Waals surface area contributed by atoms with Crippen molar-refractivity contribution in [3.8, 4) is 0 Å². The third kappa shape index (κ3) is 2.36. The predicted molar refractivity (Wildman–Crippen MR) is 75.0 cm³/mol. The highest BCUT2D eigenvalue weighted by Gasteiger charge is 2.13. The number of thiazole rings is 1. The first-order valence-corrected chi connectivity index (χ1v) is 7.23. The monoisotopic (exact) mass is 257 g/mol. The Kier molecular flexibility index (Phi) is 3.24. The number of ketones is 1. The van der Waals surface area contributed by atoms with Crippen LogP contribution in [0.1, 0.15) is 35.5 Å². The Morgan fingerprint density at radius 1 is 1.28 bits per heavy atom. The molecular weight excluding hydrogens is 242 g/mol. The van der Waals surface area contributed by atoms with Gasteiger partial charge in [0.05, 0.1) is 10.2 Å². The van der Waals surface area contributed by atoms with Crippen molar-refractivity contribution in [1.82, 2.24) is 4.98 Å². The number of fused-ring (bicyclic) bond motifs is 1. The molecule has 1 saturated carbocycles. The van der Waals surface area contributed by atoms with Crippen molar-refractivity contribution >= 4 is 27.3 Å². The summed E-state index contributed by atoms with van der Waals surface area (Å²) in [6.45, 7) is 0. The van der Waals surface area contributed by atoms with Crippen LogP contribution in [-0.2, 0) is 0 Å².